The number of aromatic amines is 1. The number of H-pyrrole nitrogens is 1. The molecule has 164 valence electrons. The van der Waals surface area contributed by atoms with Crippen molar-refractivity contribution >= 4 is 41.2 Å². The van der Waals surface area contributed by atoms with Crippen LogP contribution in [0, 0.1) is 0 Å². The Balaban J connectivity index is 1.54. The number of imide groups is 1. The zero-order valence-electron chi connectivity index (χ0n) is 17.3. The van der Waals surface area contributed by atoms with Crippen molar-refractivity contribution in [2.45, 2.75) is 25.4 Å². The lowest BCUT2D eigenvalue weighted by Gasteiger charge is -2.29. The third kappa shape index (κ3) is 3.66. The molecular formula is C22H21N5O5. The molecule has 4 amide bonds. The average Bonchev–Trinajstić information content (AvgIpc) is 3.08. The second-order valence-electron chi connectivity index (χ2n) is 7.52. The lowest BCUT2D eigenvalue weighted by molar-refractivity contribution is -0.136. The largest absolute Gasteiger partial charge is 0.374 e. The van der Waals surface area contributed by atoms with E-state index in [0.29, 0.717) is 28.2 Å². The van der Waals surface area contributed by atoms with E-state index in [9.17, 15) is 24.0 Å². The molecule has 1 unspecified atom stereocenters. The highest BCUT2D eigenvalue weighted by Crippen LogP contribution is 2.29. The van der Waals surface area contributed by atoms with Crippen LogP contribution >= 0.6 is 0 Å². The number of nitrogens with one attached hydrogen (secondary N) is 4. The Kier molecular flexibility index (Phi) is 5.35. The Morgan fingerprint density at radius 3 is 2.69 bits per heavy atom. The van der Waals surface area contributed by atoms with Crippen LogP contribution in [0.1, 0.15) is 44.7 Å². The molecule has 10 nitrogen and oxygen atoms in total. The molecule has 1 aromatic heterocycles. The van der Waals surface area contributed by atoms with E-state index in [0.717, 1.165) is 0 Å². The van der Waals surface area contributed by atoms with Crippen molar-refractivity contribution in [1.82, 2.24) is 15.2 Å². The number of fused-ring (bicyclic) bond motifs is 1. The Labute approximate surface area is 182 Å². The van der Waals surface area contributed by atoms with Gasteiger partial charge in [0, 0.05) is 36.8 Å². The molecule has 0 bridgehead atoms. The summed E-state index contributed by atoms with van der Waals surface area (Å²) in [5, 5.41) is 7.76. The monoisotopic (exact) mass is 435 g/mol. The molecule has 0 spiro atoms. The summed E-state index contributed by atoms with van der Waals surface area (Å²) in [4.78, 5) is 65.3. The predicted molar refractivity (Wildman–Crippen MR) is 117 cm³/mol. The summed E-state index contributed by atoms with van der Waals surface area (Å²) in [6, 6.07) is 5.50. The molecule has 2 aliphatic heterocycles. The minimum Gasteiger partial charge on any atom is -0.374 e. The van der Waals surface area contributed by atoms with Gasteiger partial charge in [0.25, 0.3) is 17.4 Å². The van der Waals surface area contributed by atoms with E-state index >= 15 is 0 Å². The molecule has 1 atom stereocenters. The highest BCUT2D eigenvalue weighted by atomic mass is 16.2. The highest BCUT2D eigenvalue weighted by molar-refractivity contribution is 6.07. The number of pyridine rings is 1. The fraction of sp³-hybridized carbons (Fsp3) is 0.227. The third-order valence-corrected chi connectivity index (χ3v) is 5.57. The first kappa shape index (κ1) is 21.0. The number of piperidine rings is 1. The number of carbonyl (C=O) groups excluding carboxylic acids is 4. The number of carbonyl (C=O) groups is 4. The van der Waals surface area contributed by atoms with Gasteiger partial charge in [0.15, 0.2) is 0 Å². The Morgan fingerprint density at radius 2 is 2.00 bits per heavy atom. The molecule has 3 heterocycles. The summed E-state index contributed by atoms with van der Waals surface area (Å²) in [7, 11) is 1.64. The summed E-state index contributed by atoms with van der Waals surface area (Å²) >= 11 is 0. The van der Waals surface area contributed by atoms with Crippen molar-refractivity contribution in [1.29, 1.82) is 0 Å². The van der Waals surface area contributed by atoms with E-state index in [2.05, 4.69) is 27.5 Å². The highest BCUT2D eigenvalue weighted by Gasteiger charge is 2.39. The molecule has 2 aromatic rings. The Bertz CT molecular complexity index is 1230. The molecule has 0 saturated carbocycles. The van der Waals surface area contributed by atoms with Gasteiger partial charge in [-0.1, -0.05) is 12.7 Å². The van der Waals surface area contributed by atoms with Crippen molar-refractivity contribution in [2.75, 3.05) is 17.7 Å². The van der Waals surface area contributed by atoms with E-state index in [1.54, 1.807) is 25.2 Å². The van der Waals surface area contributed by atoms with Crippen molar-refractivity contribution in [3.63, 3.8) is 0 Å². The lowest BCUT2D eigenvalue weighted by Crippen LogP contribution is -2.52. The predicted octanol–water partition coefficient (Wildman–Crippen LogP) is 1.07. The number of hydrogen-bond donors (Lipinski definition) is 4. The number of benzene rings is 1. The third-order valence-electron chi connectivity index (χ3n) is 5.57. The zero-order chi connectivity index (χ0) is 23.0. The lowest BCUT2D eigenvalue weighted by atomic mass is 10.0. The number of aromatic nitrogens is 1. The maximum atomic E-state index is 12.8. The topological polar surface area (TPSA) is 140 Å². The number of anilines is 2. The van der Waals surface area contributed by atoms with Crippen LogP contribution in [0.5, 0.6) is 0 Å². The van der Waals surface area contributed by atoms with E-state index in [4.69, 9.17) is 0 Å². The molecule has 10 heteroatoms. The van der Waals surface area contributed by atoms with Crippen molar-refractivity contribution in [2.24, 2.45) is 0 Å². The molecule has 0 radical (unpaired) electrons. The van der Waals surface area contributed by atoms with Crippen molar-refractivity contribution in [3.05, 3.63) is 63.5 Å². The second-order valence-corrected chi connectivity index (χ2v) is 7.52. The van der Waals surface area contributed by atoms with Crippen LogP contribution in [0.3, 0.4) is 0 Å². The van der Waals surface area contributed by atoms with Crippen LogP contribution in [-0.4, -0.2) is 46.6 Å². The van der Waals surface area contributed by atoms with Crippen LogP contribution in [-0.2, 0) is 16.1 Å². The number of nitrogens with zero attached hydrogens (tertiary/aromatic N) is 1. The van der Waals surface area contributed by atoms with Gasteiger partial charge < -0.3 is 20.5 Å². The molecular weight excluding hydrogens is 414 g/mol. The van der Waals surface area contributed by atoms with E-state index in [-0.39, 0.29) is 36.8 Å². The maximum absolute atomic E-state index is 12.8. The zero-order valence-corrected chi connectivity index (χ0v) is 17.3. The van der Waals surface area contributed by atoms with Gasteiger partial charge in [-0.05, 0) is 36.2 Å². The van der Waals surface area contributed by atoms with Crippen LogP contribution < -0.4 is 21.5 Å². The Hall–Kier alpha value is -4.21. The molecule has 4 N–H and O–H groups in total. The summed E-state index contributed by atoms with van der Waals surface area (Å²) in [6.45, 7) is 3.86. The SMILES string of the molecule is C=Cc1cc(C(=O)Nc2ccc3c(c2)CN(C2CCC(=O)NC2=O)C3=O)c(=O)[nH]c1NC. The van der Waals surface area contributed by atoms with Crippen molar-refractivity contribution < 1.29 is 19.2 Å². The molecule has 4 rings (SSSR count). The maximum Gasteiger partial charge on any atom is 0.262 e. The van der Waals surface area contributed by atoms with Gasteiger partial charge in [0.05, 0.1) is 0 Å². The second kappa shape index (κ2) is 8.14. The van der Waals surface area contributed by atoms with Crippen LogP contribution in [0.25, 0.3) is 6.08 Å². The summed E-state index contributed by atoms with van der Waals surface area (Å²) < 4.78 is 0. The minimum atomic E-state index is -0.716. The van der Waals surface area contributed by atoms with E-state index in [1.807, 2.05) is 0 Å². The first-order chi connectivity index (χ1) is 15.3. The number of rotatable bonds is 5. The summed E-state index contributed by atoms with van der Waals surface area (Å²) in [5.74, 6) is -1.30. The molecule has 2 aliphatic rings. The molecule has 0 aliphatic carbocycles. The molecule has 32 heavy (non-hydrogen) atoms. The number of hydrogen-bond acceptors (Lipinski definition) is 6. The quantitative estimate of drug-likeness (QED) is 0.518. The smallest absolute Gasteiger partial charge is 0.262 e. The van der Waals surface area contributed by atoms with Gasteiger partial charge in [-0.25, -0.2) is 0 Å². The van der Waals surface area contributed by atoms with Gasteiger partial charge in [0.2, 0.25) is 11.8 Å². The summed E-state index contributed by atoms with van der Waals surface area (Å²) in [5.41, 5.74) is 1.40. The average molecular weight is 435 g/mol. The molecule has 1 fully saturated rings. The van der Waals surface area contributed by atoms with Gasteiger partial charge in [0.1, 0.15) is 17.4 Å². The normalized spacial score (nSPS) is 17.6. The standard InChI is InChI=1S/C22H21N5O5/c1-3-11-9-15(20(30)26-18(11)23-2)19(29)24-13-4-5-14-12(8-13)10-27(22(14)32)16-6-7-17(28)25-21(16)31/h3-5,8-9,16H,1,6-7,10H2,2H3,(H,24,29)(H2,23,26,30)(H,25,28,31). The first-order valence-electron chi connectivity index (χ1n) is 9.98. The fourth-order valence-corrected chi connectivity index (χ4v) is 3.93. The van der Waals surface area contributed by atoms with E-state index < -0.39 is 23.4 Å². The van der Waals surface area contributed by atoms with Gasteiger partial charge >= 0.3 is 0 Å². The molecule has 1 aromatic carbocycles. The van der Waals surface area contributed by atoms with E-state index in [1.165, 1.54) is 17.0 Å². The van der Waals surface area contributed by atoms with Gasteiger partial charge in [-0.2, -0.15) is 0 Å². The van der Waals surface area contributed by atoms with Crippen LogP contribution in [0.15, 0.2) is 35.6 Å². The van der Waals surface area contributed by atoms with Crippen LogP contribution in [0.4, 0.5) is 11.5 Å². The van der Waals surface area contributed by atoms with Crippen molar-refractivity contribution in [3.8, 4) is 0 Å². The van der Waals surface area contributed by atoms with Gasteiger partial charge in [-0.3, -0.25) is 29.3 Å². The summed E-state index contributed by atoms with van der Waals surface area (Å²) in [6.07, 6.45) is 1.96. The van der Waals surface area contributed by atoms with Gasteiger partial charge in [-0.15, -0.1) is 0 Å². The Morgan fingerprint density at radius 1 is 1.22 bits per heavy atom. The molecule has 1 saturated heterocycles. The first-order valence-corrected chi connectivity index (χ1v) is 9.98. The van der Waals surface area contributed by atoms with Crippen LogP contribution in [0.2, 0.25) is 0 Å². The fourth-order valence-electron chi connectivity index (χ4n) is 3.93. The number of amides is 4. The minimum absolute atomic E-state index is 0.0827.